The van der Waals surface area contributed by atoms with Crippen LogP contribution in [-0.2, 0) is 18.9 Å². The van der Waals surface area contributed by atoms with E-state index in [0.29, 0.717) is 30.5 Å². The van der Waals surface area contributed by atoms with Crippen LogP contribution in [0, 0.1) is 0 Å². The molecular weight excluding hydrogens is 680 g/mol. The lowest BCUT2D eigenvalue weighted by molar-refractivity contribution is -0.108. The fourth-order valence-corrected chi connectivity index (χ4v) is 5.66. The van der Waals surface area contributed by atoms with Crippen molar-refractivity contribution in [1.82, 2.24) is 48.9 Å². The molecule has 0 unspecified atom stereocenters. The fourth-order valence-electron chi connectivity index (χ4n) is 5.66. The number of fused-ring (bicyclic) bond motifs is 3. The third-order valence-electron chi connectivity index (χ3n) is 8.33. The number of aryl methyl sites for hydroxylation is 2. The van der Waals surface area contributed by atoms with E-state index in [1.165, 1.54) is 21.8 Å². The second-order valence-corrected chi connectivity index (χ2v) is 11.6. The Bertz CT molecular complexity index is 2340. The summed E-state index contributed by atoms with van der Waals surface area (Å²) >= 11 is 0. The van der Waals surface area contributed by atoms with Crippen LogP contribution >= 0.6 is 0 Å². The van der Waals surface area contributed by atoms with Gasteiger partial charge in [0.2, 0.25) is 0 Å². The zero-order chi connectivity index (χ0) is 37.5. The minimum absolute atomic E-state index is 0.0312. The number of aldehydes is 1. The van der Waals surface area contributed by atoms with Crippen LogP contribution in [0.15, 0.2) is 110 Å². The number of hydrogen-bond acceptors (Lipinski definition) is 10. The average Bonchev–Trinajstić information content (AvgIpc) is 4.04. The Morgan fingerprint density at radius 2 is 1.36 bits per heavy atom. The van der Waals surface area contributed by atoms with Gasteiger partial charge in [0.25, 0.3) is 11.8 Å². The minimum atomic E-state index is -0.391. The maximum atomic E-state index is 11.6. The van der Waals surface area contributed by atoms with Crippen LogP contribution in [0.3, 0.4) is 0 Å². The van der Waals surface area contributed by atoms with Crippen molar-refractivity contribution in [3.05, 3.63) is 122 Å². The van der Waals surface area contributed by atoms with Gasteiger partial charge in [0, 0.05) is 68.4 Å². The van der Waals surface area contributed by atoms with Crippen LogP contribution in [0.4, 0.5) is 21.0 Å². The second kappa shape index (κ2) is 15.6. The van der Waals surface area contributed by atoms with Gasteiger partial charge < -0.3 is 15.8 Å². The molecule has 3 aromatic carbocycles. The molecule has 4 amide bonds. The SMILES string of the molecule is Cn1ncc2c(N)cccc21.Cn1ncc2c(N3CCNC3=O)cccc21.O=C(n1ccnc1)n1ccnc1.O=CCN1C(=O)c2ccccc2C1=O. The molecule has 0 saturated carbocycles. The van der Waals surface area contributed by atoms with Crippen molar-refractivity contribution >= 4 is 63.3 Å². The van der Waals surface area contributed by atoms with Crippen molar-refractivity contribution < 1.29 is 24.0 Å². The first-order valence-corrected chi connectivity index (χ1v) is 16.2. The zero-order valence-corrected chi connectivity index (χ0v) is 28.7. The molecular formula is C36H34N12O5. The topological polar surface area (TPSA) is 201 Å². The summed E-state index contributed by atoms with van der Waals surface area (Å²) in [5.41, 5.74) is 10.3. The van der Waals surface area contributed by atoms with Crippen molar-refractivity contribution in [1.29, 1.82) is 0 Å². The van der Waals surface area contributed by atoms with Crippen LogP contribution in [-0.4, -0.2) is 93.4 Å². The Morgan fingerprint density at radius 1 is 0.792 bits per heavy atom. The molecule has 53 heavy (non-hydrogen) atoms. The van der Waals surface area contributed by atoms with Crippen LogP contribution < -0.4 is 16.0 Å². The Hall–Kier alpha value is -7.43. The van der Waals surface area contributed by atoms with E-state index in [2.05, 4.69) is 25.5 Å². The Kier molecular flexibility index (Phi) is 10.4. The highest BCUT2D eigenvalue weighted by Gasteiger charge is 2.34. The molecule has 0 aliphatic carbocycles. The van der Waals surface area contributed by atoms with Crippen molar-refractivity contribution in [2.24, 2.45) is 14.1 Å². The number of anilines is 2. The third kappa shape index (κ3) is 7.39. The molecule has 9 rings (SSSR count). The van der Waals surface area contributed by atoms with Gasteiger partial charge >= 0.3 is 12.1 Å². The molecule has 1 fully saturated rings. The van der Waals surface area contributed by atoms with Crippen molar-refractivity contribution in [2.75, 3.05) is 30.3 Å². The maximum absolute atomic E-state index is 11.6. The summed E-state index contributed by atoms with van der Waals surface area (Å²) in [4.78, 5) is 66.6. The summed E-state index contributed by atoms with van der Waals surface area (Å²) < 4.78 is 6.38. The number of carbonyl (C=O) groups is 5. The summed E-state index contributed by atoms with van der Waals surface area (Å²) in [6.07, 6.45) is 13.3. The number of aromatic nitrogens is 8. The van der Waals surface area contributed by atoms with Gasteiger partial charge in [0.15, 0.2) is 0 Å². The molecule has 17 heteroatoms. The highest BCUT2D eigenvalue weighted by Crippen LogP contribution is 2.27. The molecule has 0 radical (unpaired) electrons. The van der Waals surface area contributed by atoms with Gasteiger partial charge in [-0.15, -0.1) is 0 Å². The average molecular weight is 715 g/mol. The predicted molar refractivity (Wildman–Crippen MR) is 195 cm³/mol. The van der Waals surface area contributed by atoms with Crippen molar-refractivity contribution in [3.63, 3.8) is 0 Å². The van der Waals surface area contributed by atoms with Crippen LogP contribution in [0.25, 0.3) is 21.8 Å². The molecule has 0 spiro atoms. The Balaban J connectivity index is 0.000000122. The van der Waals surface area contributed by atoms with E-state index in [4.69, 9.17) is 5.73 Å². The quantitative estimate of drug-likeness (QED) is 0.155. The lowest BCUT2D eigenvalue weighted by atomic mass is 10.1. The van der Waals surface area contributed by atoms with E-state index in [9.17, 15) is 24.0 Å². The monoisotopic (exact) mass is 714 g/mol. The van der Waals surface area contributed by atoms with Gasteiger partial charge in [0.1, 0.15) is 18.9 Å². The number of nitrogens with zero attached hydrogens (tertiary/aromatic N) is 10. The second-order valence-electron chi connectivity index (χ2n) is 11.6. The van der Waals surface area contributed by atoms with Crippen LogP contribution in [0.2, 0.25) is 0 Å². The molecule has 7 aromatic rings. The number of urea groups is 1. The number of nitrogens with one attached hydrogen (secondary N) is 1. The highest BCUT2D eigenvalue weighted by molar-refractivity contribution is 6.22. The minimum Gasteiger partial charge on any atom is -0.398 e. The van der Waals surface area contributed by atoms with Gasteiger partial charge in [-0.25, -0.2) is 19.6 Å². The van der Waals surface area contributed by atoms with Crippen molar-refractivity contribution in [2.45, 2.75) is 0 Å². The molecule has 2 aliphatic rings. The van der Waals surface area contributed by atoms with Gasteiger partial charge in [-0.3, -0.25) is 37.9 Å². The van der Waals surface area contributed by atoms with Gasteiger partial charge in [0.05, 0.1) is 46.8 Å². The van der Waals surface area contributed by atoms with Crippen molar-refractivity contribution in [3.8, 4) is 0 Å². The molecule has 6 heterocycles. The number of imidazole rings is 2. The van der Waals surface area contributed by atoms with E-state index in [1.54, 1.807) is 66.3 Å². The number of imide groups is 1. The normalized spacial score (nSPS) is 13.1. The molecule has 4 aromatic heterocycles. The molecule has 268 valence electrons. The number of amides is 4. The molecule has 1 saturated heterocycles. The van der Waals surface area contributed by atoms with E-state index < -0.39 is 11.8 Å². The molecule has 0 bridgehead atoms. The largest absolute Gasteiger partial charge is 0.398 e. The van der Waals surface area contributed by atoms with E-state index in [0.717, 1.165) is 38.1 Å². The smallest absolute Gasteiger partial charge is 0.338 e. The lowest BCUT2D eigenvalue weighted by Crippen LogP contribution is -2.31. The summed E-state index contributed by atoms with van der Waals surface area (Å²) in [5, 5.41) is 13.1. The molecule has 17 nitrogen and oxygen atoms in total. The number of rotatable bonds is 3. The summed E-state index contributed by atoms with van der Waals surface area (Å²) in [7, 11) is 3.80. The van der Waals surface area contributed by atoms with Gasteiger partial charge in [-0.1, -0.05) is 24.3 Å². The fraction of sp³-hybridized carbons (Fsp3) is 0.139. The number of nitrogen functional groups attached to an aromatic ring is 1. The Morgan fingerprint density at radius 3 is 1.87 bits per heavy atom. The first-order chi connectivity index (χ1) is 25.7. The first kappa shape index (κ1) is 35.4. The van der Waals surface area contributed by atoms with E-state index in [1.807, 2.05) is 59.9 Å². The van der Waals surface area contributed by atoms with Gasteiger partial charge in [-0.05, 0) is 36.4 Å². The first-order valence-electron chi connectivity index (χ1n) is 16.2. The molecule has 3 N–H and O–H groups in total. The van der Waals surface area contributed by atoms with E-state index >= 15 is 0 Å². The van der Waals surface area contributed by atoms with E-state index in [-0.39, 0.29) is 18.6 Å². The number of nitrogens with two attached hydrogens (primary N) is 1. The number of carbonyl (C=O) groups excluding carboxylic acids is 5. The lowest BCUT2D eigenvalue weighted by Gasteiger charge is -2.14. The zero-order valence-electron chi connectivity index (χ0n) is 28.7. The van der Waals surface area contributed by atoms with Crippen LogP contribution in [0.5, 0.6) is 0 Å². The standard InChI is InChI=1S/C11H12N4O.C10H7NO3.C8H9N3.C7H6N4O/c1-14-9-3-2-4-10(8(9)7-13-14)15-6-5-12-11(15)16;12-6-5-11-9(13)7-3-1-2-4-8(7)10(11)14;1-11-8-4-2-3-7(9)6(8)5-10-11;12-7(10-3-1-8-5-10)11-4-2-9-6-11/h2-4,7H,5-6H2,1H3,(H,12,16);1-4,6H,5H2;2-5H,9H2,1H3;1-6H. The summed E-state index contributed by atoms with van der Waals surface area (Å²) in [6, 6.07) is 18.0. The molecule has 0 atom stereocenters. The van der Waals surface area contributed by atoms with Crippen LogP contribution in [0.1, 0.15) is 20.7 Å². The Labute approximate surface area is 301 Å². The number of benzene rings is 3. The number of hydrogen-bond donors (Lipinski definition) is 2. The molecule has 2 aliphatic heterocycles. The summed E-state index contributed by atoms with van der Waals surface area (Å²) in [5.74, 6) is -0.782. The maximum Gasteiger partial charge on any atom is 0.338 e. The van der Waals surface area contributed by atoms with Gasteiger partial charge in [-0.2, -0.15) is 10.2 Å². The predicted octanol–water partition coefficient (Wildman–Crippen LogP) is 3.34. The third-order valence-corrected chi connectivity index (χ3v) is 8.33. The summed E-state index contributed by atoms with van der Waals surface area (Å²) in [6.45, 7) is 1.24. The highest BCUT2D eigenvalue weighted by atomic mass is 16.2.